The van der Waals surface area contributed by atoms with Crippen LogP contribution >= 0.6 is 0 Å². The molecule has 0 aromatic heterocycles. The molecule has 0 aromatic rings. The van der Waals surface area contributed by atoms with E-state index in [1.165, 1.54) is 32.7 Å². The fraction of sp³-hybridized carbons (Fsp3) is 1.00. The van der Waals surface area contributed by atoms with Crippen LogP contribution in [0.2, 0.25) is 0 Å². The van der Waals surface area contributed by atoms with Crippen molar-refractivity contribution in [3.8, 4) is 0 Å². The van der Waals surface area contributed by atoms with Gasteiger partial charge >= 0.3 is 0 Å². The molecule has 0 saturated carbocycles. The summed E-state index contributed by atoms with van der Waals surface area (Å²) in [7, 11) is 2.20. The van der Waals surface area contributed by atoms with Crippen molar-refractivity contribution in [3.63, 3.8) is 0 Å². The van der Waals surface area contributed by atoms with Crippen molar-refractivity contribution >= 4 is 0 Å². The molecular weight excluding hydrogens is 240 g/mol. The molecule has 1 aliphatic rings. The molecule has 1 rings (SSSR count). The maximum Gasteiger partial charge on any atom is 0.0544 e. The van der Waals surface area contributed by atoms with Crippen LogP contribution in [0.1, 0.15) is 33.1 Å². The van der Waals surface area contributed by atoms with E-state index in [4.69, 9.17) is 9.47 Å². The highest BCUT2D eigenvalue weighted by Crippen LogP contribution is 2.01. The Kier molecular flexibility index (Phi) is 9.43. The van der Waals surface area contributed by atoms with E-state index >= 15 is 0 Å². The average Bonchev–Trinajstić information content (AvgIpc) is 2.43. The van der Waals surface area contributed by atoms with Gasteiger partial charge in [-0.1, -0.05) is 6.92 Å². The van der Waals surface area contributed by atoms with E-state index in [1.54, 1.807) is 0 Å². The van der Waals surface area contributed by atoms with Crippen LogP contribution in [0.4, 0.5) is 0 Å². The predicted octanol–water partition coefficient (Wildman–Crippen LogP) is 1.85. The number of ether oxygens (including phenoxy) is 2. The van der Waals surface area contributed by atoms with Crippen molar-refractivity contribution in [2.45, 2.75) is 39.2 Å². The first-order valence-corrected chi connectivity index (χ1v) is 7.82. The number of hydrogen-bond acceptors (Lipinski definition) is 4. The third-order valence-corrected chi connectivity index (χ3v) is 3.77. The standard InChI is InChI=1S/C15H32N2O2/c1-4-15(2)19-14-6-13-18-12-5-7-17-10-8-16(3)9-11-17/h15H,4-14H2,1-3H3. The van der Waals surface area contributed by atoms with Gasteiger partial charge in [0.1, 0.15) is 0 Å². The second-order valence-electron chi connectivity index (χ2n) is 5.55. The van der Waals surface area contributed by atoms with Gasteiger partial charge in [-0.15, -0.1) is 0 Å². The lowest BCUT2D eigenvalue weighted by Gasteiger charge is -2.32. The minimum absolute atomic E-state index is 0.386. The lowest BCUT2D eigenvalue weighted by atomic mass is 10.3. The SMILES string of the molecule is CCC(C)OCCCOCCCN1CCN(C)CC1. The van der Waals surface area contributed by atoms with Crippen molar-refractivity contribution in [2.24, 2.45) is 0 Å². The maximum absolute atomic E-state index is 5.64. The van der Waals surface area contributed by atoms with E-state index in [1.807, 2.05) is 0 Å². The van der Waals surface area contributed by atoms with E-state index in [-0.39, 0.29) is 0 Å². The first-order chi connectivity index (χ1) is 9.22. The van der Waals surface area contributed by atoms with E-state index in [0.29, 0.717) is 6.10 Å². The van der Waals surface area contributed by atoms with Crippen molar-refractivity contribution in [1.29, 1.82) is 0 Å². The molecular formula is C15H32N2O2. The van der Waals surface area contributed by atoms with Gasteiger partial charge in [-0.2, -0.15) is 0 Å². The summed E-state index contributed by atoms with van der Waals surface area (Å²) in [6.07, 6.45) is 3.64. The van der Waals surface area contributed by atoms with E-state index < -0.39 is 0 Å². The fourth-order valence-corrected chi connectivity index (χ4v) is 2.13. The van der Waals surface area contributed by atoms with Crippen LogP contribution < -0.4 is 0 Å². The lowest BCUT2D eigenvalue weighted by molar-refractivity contribution is 0.0388. The molecule has 19 heavy (non-hydrogen) atoms. The minimum Gasteiger partial charge on any atom is -0.381 e. The zero-order valence-corrected chi connectivity index (χ0v) is 13.1. The van der Waals surface area contributed by atoms with Crippen molar-refractivity contribution in [3.05, 3.63) is 0 Å². The summed E-state index contributed by atoms with van der Waals surface area (Å²) in [5.41, 5.74) is 0. The topological polar surface area (TPSA) is 24.9 Å². The van der Waals surface area contributed by atoms with Crippen LogP contribution in [-0.4, -0.2) is 75.5 Å². The largest absolute Gasteiger partial charge is 0.381 e. The smallest absolute Gasteiger partial charge is 0.0544 e. The highest BCUT2D eigenvalue weighted by molar-refractivity contribution is 4.68. The number of nitrogens with zero attached hydrogens (tertiary/aromatic N) is 2. The quantitative estimate of drug-likeness (QED) is 0.567. The molecule has 1 aliphatic heterocycles. The Morgan fingerprint density at radius 3 is 2.37 bits per heavy atom. The van der Waals surface area contributed by atoms with Gasteiger partial charge in [-0.05, 0) is 33.2 Å². The van der Waals surface area contributed by atoms with Crippen molar-refractivity contribution in [2.75, 3.05) is 59.6 Å². The lowest BCUT2D eigenvalue weighted by Crippen LogP contribution is -2.44. The molecule has 0 spiro atoms. The molecule has 1 saturated heterocycles. The summed E-state index contributed by atoms with van der Waals surface area (Å²) in [5, 5.41) is 0. The highest BCUT2D eigenvalue weighted by atomic mass is 16.5. The van der Waals surface area contributed by atoms with Crippen molar-refractivity contribution < 1.29 is 9.47 Å². The number of likely N-dealkylation sites (N-methyl/N-ethyl adjacent to an activating group) is 1. The Labute approximate surface area is 119 Å². The molecule has 1 fully saturated rings. The Balaban J connectivity index is 1.81. The molecule has 0 bridgehead atoms. The molecule has 1 atom stereocenters. The van der Waals surface area contributed by atoms with E-state index in [0.717, 1.165) is 39.1 Å². The number of hydrogen-bond donors (Lipinski definition) is 0. The highest BCUT2D eigenvalue weighted by Gasteiger charge is 2.12. The van der Waals surface area contributed by atoms with Gasteiger partial charge in [0.2, 0.25) is 0 Å². The predicted molar refractivity (Wildman–Crippen MR) is 79.7 cm³/mol. The monoisotopic (exact) mass is 272 g/mol. The molecule has 1 unspecified atom stereocenters. The summed E-state index contributed by atoms with van der Waals surface area (Å²) >= 11 is 0. The molecule has 4 nitrogen and oxygen atoms in total. The Hall–Kier alpha value is -0.160. The molecule has 0 aliphatic carbocycles. The van der Waals surface area contributed by atoms with Gasteiger partial charge < -0.3 is 19.3 Å². The summed E-state index contributed by atoms with van der Waals surface area (Å²) in [6.45, 7) is 12.8. The molecule has 0 amide bonds. The number of piperazine rings is 1. The minimum atomic E-state index is 0.386. The van der Waals surface area contributed by atoms with Crippen molar-refractivity contribution in [1.82, 2.24) is 9.80 Å². The Bertz CT molecular complexity index is 206. The Morgan fingerprint density at radius 1 is 1.00 bits per heavy atom. The normalized spacial score (nSPS) is 19.7. The fourth-order valence-electron chi connectivity index (χ4n) is 2.13. The average molecular weight is 272 g/mol. The molecule has 0 radical (unpaired) electrons. The molecule has 4 heteroatoms. The zero-order valence-electron chi connectivity index (χ0n) is 13.1. The first kappa shape index (κ1) is 16.9. The van der Waals surface area contributed by atoms with Crippen LogP contribution in [0.3, 0.4) is 0 Å². The van der Waals surface area contributed by atoms with Crippen LogP contribution in [0.15, 0.2) is 0 Å². The summed E-state index contributed by atoms with van der Waals surface area (Å²) in [5.74, 6) is 0. The molecule has 1 heterocycles. The van der Waals surface area contributed by atoms with Crippen LogP contribution in [0.25, 0.3) is 0 Å². The van der Waals surface area contributed by atoms with Gasteiger partial charge in [0, 0.05) is 52.5 Å². The second kappa shape index (κ2) is 10.6. The first-order valence-electron chi connectivity index (χ1n) is 7.82. The maximum atomic E-state index is 5.64. The zero-order chi connectivity index (χ0) is 13.9. The molecule has 0 N–H and O–H groups in total. The third-order valence-electron chi connectivity index (χ3n) is 3.77. The molecule has 0 aromatic carbocycles. The third kappa shape index (κ3) is 8.58. The van der Waals surface area contributed by atoms with Crippen LogP contribution in [-0.2, 0) is 9.47 Å². The van der Waals surface area contributed by atoms with Gasteiger partial charge in [-0.25, -0.2) is 0 Å². The summed E-state index contributed by atoms with van der Waals surface area (Å²) in [6, 6.07) is 0. The summed E-state index contributed by atoms with van der Waals surface area (Å²) in [4.78, 5) is 4.93. The second-order valence-corrected chi connectivity index (χ2v) is 5.55. The van der Waals surface area contributed by atoms with Gasteiger partial charge in [-0.3, -0.25) is 0 Å². The van der Waals surface area contributed by atoms with Gasteiger partial charge in [0.05, 0.1) is 6.10 Å². The van der Waals surface area contributed by atoms with E-state index in [2.05, 4.69) is 30.7 Å². The van der Waals surface area contributed by atoms with E-state index in [9.17, 15) is 0 Å². The van der Waals surface area contributed by atoms with Crippen LogP contribution in [0, 0.1) is 0 Å². The number of rotatable bonds is 10. The van der Waals surface area contributed by atoms with Gasteiger partial charge in [0.25, 0.3) is 0 Å². The Morgan fingerprint density at radius 2 is 1.68 bits per heavy atom. The summed E-state index contributed by atoms with van der Waals surface area (Å²) < 4.78 is 11.3. The molecule has 114 valence electrons. The van der Waals surface area contributed by atoms with Gasteiger partial charge in [0.15, 0.2) is 0 Å². The van der Waals surface area contributed by atoms with Crippen LogP contribution in [0.5, 0.6) is 0 Å².